The number of carbonyl (C=O) groups is 1. The summed E-state index contributed by atoms with van der Waals surface area (Å²) in [5.74, 6) is -0.278. The zero-order valence-electron chi connectivity index (χ0n) is 17.4. The van der Waals surface area contributed by atoms with E-state index in [9.17, 15) is 4.79 Å². The number of hydrogen-bond acceptors (Lipinski definition) is 2. The van der Waals surface area contributed by atoms with Crippen LogP contribution >= 0.6 is 11.6 Å². The molecule has 5 heteroatoms. The van der Waals surface area contributed by atoms with Crippen molar-refractivity contribution >= 4 is 34.0 Å². The van der Waals surface area contributed by atoms with Gasteiger partial charge in [-0.15, -0.1) is 0 Å². The van der Waals surface area contributed by atoms with Crippen molar-refractivity contribution in [3.8, 4) is 16.9 Å². The summed E-state index contributed by atoms with van der Waals surface area (Å²) in [6.07, 6.45) is 0. The zero-order valence-corrected chi connectivity index (χ0v) is 18.2. The van der Waals surface area contributed by atoms with E-state index in [1.165, 1.54) is 0 Å². The van der Waals surface area contributed by atoms with E-state index in [0.29, 0.717) is 16.4 Å². The summed E-state index contributed by atoms with van der Waals surface area (Å²) in [6, 6.07) is 31.3. The lowest BCUT2D eigenvalue weighted by Crippen LogP contribution is -2.13. The topological polar surface area (TPSA) is 46.9 Å². The molecule has 0 radical (unpaired) electrons. The third kappa shape index (κ3) is 3.88. The third-order valence-corrected chi connectivity index (χ3v) is 5.61. The molecule has 5 rings (SSSR count). The number of amides is 1. The molecule has 5 aromatic rings. The highest BCUT2D eigenvalue weighted by molar-refractivity contribution is 6.30. The molecule has 32 heavy (non-hydrogen) atoms. The Morgan fingerprint density at radius 3 is 2.44 bits per heavy atom. The number of benzene rings is 4. The summed E-state index contributed by atoms with van der Waals surface area (Å²) in [5, 5.41) is 10.5. The van der Waals surface area contributed by atoms with Gasteiger partial charge in [0, 0.05) is 16.3 Å². The number of aromatic nitrogens is 2. The lowest BCUT2D eigenvalue weighted by Gasteiger charge is -2.10. The van der Waals surface area contributed by atoms with Crippen molar-refractivity contribution in [3.63, 3.8) is 0 Å². The van der Waals surface area contributed by atoms with Gasteiger partial charge in [-0.05, 0) is 65.7 Å². The van der Waals surface area contributed by atoms with E-state index < -0.39 is 0 Å². The Labute approximate surface area is 191 Å². The van der Waals surface area contributed by atoms with Crippen molar-refractivity contribution in [2.75, 3.05) is 5.32 Å². The number of halogens is 1. The largest absolute Gasteiger partial charge is 0.321 e. The molecule has 1 N–H and O–H groups in total. The van der Waals surface area contributed by atoms with Crippen LogP contribution in [0.15, 0.2) is 97.1 Å². The molecular formula is C27H20ClN3O. The summed E-state index contributed by atoms with van der Waals surface area (Å²) < 4.78 is 1.84. The fourth-order valence-corrected chi connectivity index (χ4v) is 3.94. The van der Waals surface area contributed by atoms with Gasteiger partial charge in [-0.2, -0.15) is 5.10 Å². The van der Waals surface area contributed by atoms with Crippen LogP contribution in [0.25, 0.3) is 27.7 Å². The van der Waals surface area contributed by atoms with Gasteiger partial charge in [-0.3, -0.25) is 4.79 Å². The number of nitrogens with zero attached hydrogens (tertiary/aromatic N) is 2. The third-order valence-electron chi connectivity index (χ3n) is 5.36. The summed E-state index contributed by atoms with van der Waals surface area (Å²) in [6.45, 7) is 2.04. The quantitative estimate of drug-likeness (QED) is 0.332. The van der Waals surface area contributed by atoms with E-state index in [2.05, 4.69) is 35.6 Å². The van der Waals surface area contributed by atoms with E-state index in [4.69, 9.17) is 16.7 Å². The van der Waals surface area contributed by atoms with Crippen molar-refractivity contribution in [2.24, 2.45) is 0 Å². The first-order valence-electron chi connectivity index (χ1n) is 10.3. The second kappa shape index (κ2) is 8.33. The van der Waals surface area contributed by atoms with Crippen LogP contribution in [-0.2, 0) is 0 Å². The van der Waals surface area contributed by atoms with Crippen LogP contribution in [0.2, 0.25) is 5.02 Å². The van der Waals surface area contributed by atoms with Crippen LogP contribution in [0, 0.1) is 6.92 Å². The lowest BCUT2D eigenvalue weighted by atomic mass is 10.0. The summed E-state index contributed by atoms with van der Waals surface area (Å²) >= 11 is 5.96. The Bertz CT molecular complexity index is 1430. The molecule has 0 fully saturated rings. The fraction of sp³-hybridized carbons (Fsp3) is 0.0370. The van der Waals surface area contributed by atoms with Crippen molar-refractivity contribution in [2.45, 2.75) is 6.92 Å². The van der Waals surface area contributed by atoms with Crippen LogP contribution in [0.1, 0.15) is 16.1 Å². The average molecular weight is 438 g/mol. The monoisotopic (exact) mass is 437 g/mol. The predicted octanol–water partition coefficient (Wildman–Crippen LogP) is 6.91. The minimum Gasteiger partial charge on any atom is -0.321 e. The van der Waals surface area contributed by atoms with Gasteiger partial charge in [0.1, 0.15) is 0 Å². The first-order valence-corrected chi connectivity index (χ1v) is 10.7. The number of rotatable bonds is 4. The van der Waals surface area contributed by atoms with Gasteiger partial charge in [-0.25, -0.2) is 4.68 Å². The molecule has 4 nitrogen and oxygen atoms in total. The number of aryl methyl sites for hydroxylation is 1. The second-order valence-corrected chi connectivity index (χ2v) is 8.09. The maximum Gasteiger partial charge on any atom is 0.276 e. The predicted molar refractivity (Wildman–Crippen MR) is 131 cm³/mol. The number of hydrogen-bond donors (Lipinski definition) is 1. The van der Waals surface area contributed by atoms with Gasteiger partial charge in [-0.1, -0.05) is 66.2 Å². The molecular weight excluding hydrogens is 418 g/mol. The Kier molecular flexibility index (Phi) is 5.21. The first-order chi connectivity index (χ1) is 15.6. The van der Waals surface area contributed by atoms with Crippen molar-refractivity contribution in [3.05, 3.63) is 113 Å². The highest BCUT2D eigenvalue weighted by Gasteiger charge is 2.18. The van der Waals surface area contributed by atoms with Crippen LogP contribution in [-0.4, -0.2) is 15.7 Å². The number of nitrogens with one attached hydrogen (secondary N) is 1. The maximum atomic E-state index is 13.0. The molecule has 0 aliphatic heterocycles. The van der Waals surface area contributed by atoms with Crippen molar-refractivity contribution < 1.29 is 4.79 Å². The van der Waals surface area contributed by atoms with Crippen molar-refractivity contribution in [1.29, 1.82) is 0 Å². The van der Waals surface area contributed by atoms with Crippen LogP contribution in [0.3, 0.4) is 0 Å². The van der Waals surface area contributed by atoms with Crippen LogP contribution in [0.5, 0.6) is 0 Å². The minimum absolute atomic E-state index is 0.278. The van der Waals surface area contributed by atoms with E-state index in [1.54, 1.807) is 24.3 Å². The molecule has 0 aliphatic carbocycles. The van der Waals surface area contributed by atoms with Gasteiger partial charge < -0.3 is 5.32 Å². The molecule has 0 saturated carbocycles. The molecule has 1 amide bonds. The van der Waals surface area contributed by atoms with Crippen LogP contribution < -0.4 is 5.32 Å². The van der Waals surface area contributed by atoms with E-state index in [0.717, 1.165) is 33.3 Å². The van der Waals surface area contributed by atoms with Gasteiger partial charge in [0.25, 0.3) is 5.91 Å². The fourth-order valence-electron chi connectivity index (χ4n) is 3.82. The number of fused-ring (bicyclic) bond motifs is 1. The average Bonchev–Trinajstić information content (AvgIpc) is 3.26. The summed E-state index contributed by atoms with van der Waals surface area (Å²) in [7, 11) is 0. The highest BCUT2D eigenvalue weighted by atomic mass is 35.5. The first kappa shape index (κ1) is 20.0. The Hall–Kier alpha value is -3.89. The smallest absolute Gasteiger partial charge is 0.276 e. The lowest BCUT2D eigenvalue weighted by molar-refractivity contribution is 0.102. The van der Waals surface area contributed by atoms with Gasteiger partial charge >= 0.3 is 0 Å². The maximum absolute atomic E-state index is 13.0. The van der Waals surface area contributed by atoms with Gasteiger partial charge in [0.15, 0.2) is 5.69 Å². The molecule has 0 unspecified atom stereocenters. The molecule has 0 saturated heterocycles. The highest BCUT2D eigenvalue weighted by Crippen LogP contribution is 2.31. The molecule has 0 atom stereocenters. The second-order valence-electron chi connectivity index (χ2n) is 7.65. The Balaban J connectivity index is 1.64. The van der Waals surface area contributed by atoms with Crippen molar-refractivity contribution in [1.82, 2.24) is 9.78 Å². The molecule has 1 aromatic heterocycles. The van der Waals surface area contributed by atoms with E-state index >= 15 is 0 Å². The molecule has 4 aromatic carbocycles. The molecule has 1 heterocycles. The molecule has 0 bridgehead atoms. The standard InChI is InChI=1S/C27H20ClN3O/c1-18-6-4-9-22(16-18)31-26(24-11-5-8-19-7-2-3-10-23(19)24)17-25(30-31)27(32)29-21-14-12-20(28)13-15-21/h2-17H,1H3,(H,29,32). The van der Waals surface area contributed by atoms with Crippen LogP contribution in [0.4, 0.5) is 5.69 Å². The Morgan fingerprint density at radius 2 is 1.62 bits per heavy atom. The number of carbonyl (C=O) groups excluding carboxylic acids is 1. The number of anilines is 1. The molecule has 0 aliphatic rings. The molecule has 0 spiro atoms. The van der Waals surface area contributed by atoms with Gasteiger partial charge in [0.2, 0.25) is 0 Å². The van der Waals surface area contributed by atoms with E-state index in [1.807, 2.05) is 54.1 Å². The Morgan fingerprint density at radius 1 is 0.875 bits per heavy atom. The van der Waals surface area contributed by atoms with E-state index in [-0.39, 0.29) is 5.91 Å². The SMILES string of the molecule is Cc1cccc(-n2nc(C(=O)Nc3ccc(Cl)cc3)cc2-c2cccc3ccccc23)c1. The molecule has 156 valence electrons. The summed E-state index contributed by atoms with van der Waals surface area (Å²) in [5.41, 5.74) is 4.89. The minimum atomic E-state index is -0.278. The van der Waals surface area contributed by atoms with Gasteiger partial charge in [0.05, 0.1) is 11.4 Å². The normalized spacial score (nSPS) is 10.9. The zero-order chi connectivity index (χ0) is 22.1. The summed E-state index contributed by atoms with van der Waals surface area (Å²) in [4.78, 5) is 13.0.